The number of pyridine rings is 1. The average molecular weight is 564 g/mol. The molecule has 4 rings (SSSR count). The number of primary amides is 1. The van der Waals surface area contributed by atoms with E-state index in [0.29, 0.717) is 49.7 Å². The molecule has 12 heteroatoms. The van der Waals surface area contributed by atoms with Crippen LogP contribution in [0.4, 0.5) is 13.2 Å². The van der Waals surface area contributed by atoms with Crippen LogP contribution >= 0.6 is 11.3 Å². The van der Waals surface area contributed by atoms with Crippen molar-refractivity contribution in [2.45, 2.75) is 49.9 Å². The van der Waals surface area contributed by atoms with Gasteiger partial charge in [-0.3, -0.25) is 19.5 Å². The highest BCUT2D eigenvalue weighted by Crippen LogP contribution is 2.33. The first-order chi connectivity index (χ1) is 18.7. The van der Waals surface area contributed by atoms with Gasteiger partial charge in [0.25, 0.3) is 0 Å². The standard InChI is InChI=1S/C27H32F3N5O3S/c28-27(29,30)18-34-25(37)26(17-20-6-5-15-39-20)23(33-12-14-35(26)13-4-2-8-24(31)36)16-19-9-10-22(38-19)21-7-1-3-11-32-21/h1,3,5-7,9-11,15,23,33H,2,4,8,12-14,16-18H2,(H2,31,36)(H,34,37). The van der Waals surface area contributed by atoms with Gasteiger partial charge in [0.1, 0.15) is 23.5 Å². The lowest BCUT2D eigenvalue weighted by atomic mass is 9.78. The molecule has 4 heterocycles. The Balaban J connectivity index is 1.67. The lowest BCUT2D eigenvalue weighted by Gasteiger charge is -2.51. The Morgan fingerprint density at radius 1 is 1.21 bits per heavy atom. The van der Waals surface area contributed by atoms with E-state index in [4.69, 9.17) is 10.2 Å². The van der Waals surface area contributed by atoms with Crippen LogP contribution in [-0.2, 0) is 22.4 Å². The molecule has 1 saturated heterocycles. The second-order valence-electron chi connectivity index (χ2n) is 9.58. The third-order valence-electron chi connectivity index (χ3n) is 6.87. The van der Waals surface area contributed by atoms with Gasteiger partial charge in [0, 0.05) is 49.5 Å². The molecule has 2 unspecified atom stereocenters. The second kappa shape index (κ2) is 12.8. The molecule has 0 spiro atoms. The van der Waals surface area contributed by atoms with E-state index in [1.807, 2.05) is 34.5 Å². The number of piperazine rings is 1. The van der Waals surface area contributed by atoms with Crippen LogP contribution in [0.3, 0.4) is 0 Å². The fraction of sp³-hybridized carbons (Fsp3) is 0.444. The summed E-state index contributed by atoms with van der Waals surface area (Å²) in [7, 11) is 0. The minimum Gasteiger partial charge on any atom is -0.459 e. The molecule has 2 amide bonds. The largest absolute Gasteiger partial charge is 0.459 e. The molecular formula is C27H32F3N5O3S. The van der Waals surface area contributed by atoms with E-state index < -0.39 is 36.1 Å². The minimum absolute atomic E-state index is 0.205. The predicted octanol–water partition coefficient (Wildman–Crippen LogP) is 3.54. The van der Waals surface area contributed by atoms with Gasteiger partial charge >= 0.3 is 6.18 Å². The Morgan fingerprint density at radius 2 is 2.05 bits per heavy atom. The second-order valence-corrected chi connectivity index (χ2v) is 10.6. The van der Waals surface area contributed by atoms with Crippen molar-refractivity contribution in [3.8, 4) is 11.5 Å². The molecule has 1 aliphatic rings. The van der Waals surface area contributed by atoms with Crippen molar-refractivity contribution in [2.75, 3.05) is 26.2 Å². The first kappa shape index (κ1) is 28.8. The molecule has 4 N–H and O–H groups in total. The number of furan rings is 1. The Morgan fingerprint density at radius 3 is 2.74 bits per heavy atom. The maximum atomic E-state index is 13.9. The number of unbranched alkanes of at least 4 members (excludes halogenated alkanes) is 1. The van der Waals surface area contributed by atoms with Crippen molar-refractivity contribution in [1.82, 2.24) is 20.5 Å². The quantitative estimate of drug-likeness (QED) is 0.291. The summed E-state index contributed by atoms with van der Waals surface area (Å²) in [5, 5.41) is 7.46. The number of carbonyl (C=O) groups excluding carboxylic acids is 2. The minimum atomic E-state index is -4.55. The van der Waals surface area contributed by atoms with Gasteiger partial charge in [-0.1, -0.05) is 12.1 Å². The van der Waals surface area contributed by atoms with E-state index >= 15 is 0 Å². The van der Waals surface area contributed by atoms with Gasteiger partial charge in [0.05, 0.1) is 0 Å². The number of aromatic nitrogens is 1. The molecule has 210 valence electrons. The smallest absolute Gasteiger partial charge is 0.405 e. The highest BCUT2D eigenvalue weighted by molar-refractivity contribution is 7.09. The summed E-state index contributed by atoms with van der Waals surface area (Å²) in [5.74, 6) is 0.0392. The summed E-state index contributed by atoms with van der Waals surface area (Å²) in [6.07, 6.45) is -1.11. The zero-order valence-electron chi connectivity index (χ0n) is 21.4. The van der Waals surface area contributed by atoms with Crippen LogP contribution in [0.2, 0.25) is 0 Å². The van der Waals surface area contributed by atoms with Gasteiger partial charge in [0.15, 0.2) is 5.76 Å². The zero-order chi connectivity index (χ0) is 27.9. The van der Waals surface area contributed by atoms with Crippen molar-refractivity contribution in [2.24, 2.45) is 5.73 Å². The number of hydrogen-bond acceptors (Lipinski definition) is 7. The molecule has 1 fully saturated rings. The van der Waals surface area contributed by atoms with E-state index in [9.17, 15) is 22.8 Å². The molecule has 1 aliphatic heterocycles. The number of thiophene rings is 1. The lowest BCUT2D eigenvalue weighted by molar-refractivity contribution is -0.150. The topological polar surface area (TPSA) is 113 Å². The zero-order valence-corrected chi connectivity index (χ0v) is 22.2. The van der Waals surface area contributed by atoms with Crippen molar-refractivity contribution < 1.29 is 27.2 Å². The van der Waals surface area contributed by atoms with Crippen LogP contribution in [0, 0.1) is 0 Å². The third kappa shape index (κ3) is 7.46. The Hall–Kier alpha value is -3.22. The van der Waals surface area contributed by atoms with Crippen LogP contribution in [-0.4, -0.2) is 65.6 Å². The fourth-order valence-corrected chi connectivity index (χ4v) is 5.87. The molecular weight excluding hydrogens is 531 g/mol. The fourth-order valence-electron chi connectivity index (χ4n) is 5.08. The summed E-state index contributed by atoms with van der Waals surface area (Å²) in [6.45, 7) is -0.0132. The molecule has 0 saturated carbocycles. The van der Waals surface area contributed by atoms with Crippen LogP contribution < -0.4 is 16.4 Å². The highest BCUT2D eigenvalue weighted by Gasteiger charge is 2.53. The number of nitrogens with one attached hydrogen (secondary N) is 2. The Bertz CT molecular complexity index is 1220. The van der Waals surface area contributed by atoms with Crippen LogP contribution in [0.15, 0.2) is 58.5 Å². The summed E-state index contributed by atoms with van der Waals surface area (Å²) in [5.41, 5.74) is 4.61. The number of amides is 2. The van der Waals surface area contributed by atoms with Crippen molar-refractivity contribution in [3.63, 3.8) is 0 Å². The molecule has 39 heavy (non-hydrogen) atoms. The Kier molecular flexibility index (Phi) is 9.41. The van der Waals surface area contributed by atoms with Gasteiger partial charge in [-0.15, -0.1) is 11.3 Å². The van der Waals surface area contributed by atoms with Crippen LogP contribution in [0.25, 0.3) is 11.5 Å². The number of rotatable bonds is 12. The first-order valence-corrected chi connectivity index (χ1v) is 13.7. The number of nitrogens with zero attached hydrogens (tertiary/aromatic N) is 2. The van der Waals surface area contributed by atoms with E-state index in [-0.39, 0.29) is 19.3 Å². The number of halogens is 3. The molecule has 0 radical (unpaired) electrons. The van der Waals surface area contributed by atoms with Gasteiger partial charge < -0.3 is 20.8 Å². The van der Waals surface area contributed by atoms with Crippen molar-refractivity contribution in [3.05, 3.63) is 64.7 Å². The number of alkyl halides is 3. The van der Waals surface area contributed by atoms with Crippen molar-refractivity contribution >= 4 is 23.2 Å². The van der Waals surface area contributed by atoms with Gasteiger partial charge in [-0.05, 0) is 55.1 Å². The normalized spacial score (nSPS) is 20.1. The van der Waals surface area contributed by atoms with E-state index in [2.05, 4.69) is 15.6 Å². The van der Waals surface area contributed by atoms with E-state index in [0.717, 1.165) is 4.88 Å². The molecule has 0 bridgehead atoms. The van der Waals surface area contributed by atoms with Gasteiger partial charge in [-0.2, -0.15) is 13.2 Å². The van der Waals surface area contributed by atoms with Gasteiger partial charge in [0.2, 0.25) is 11.8 Å². The summed E-state index contributed by atoms with van der Waals surface area (Å²) < 4.78 is 45.7. The molecule has 0 aromatic carbocycles. The highest BCUT2D eigenvalue weighted by atomic mass is 32.1. The number of nitrogens with two attached hydrogens (primary N) is 1. The lowest BCUT2D eigenvalue weighted by Crippen LogP contribution is -2.74. The van der Waals surface area contributed by atoms with E-state index in [1.165, 1.54) is 11.3 Å². The summed E-state index contributed by atoms with van der Waals surface area (Å²) in [6, 6.07) is 12.3. The van der Waals surface area contributed by atoms with Crippen LogP contribution in [0.1, 0.15) is 29.9 Å². The number of hydrogen-bond donors (Lipinski definition) is 3. The molecule has 8 nitrogen and oxygen atoms in total. The molecule has 2 atom stereocenters. The maximum absolute atomic E-state index is 13.9. The monoisotopic (exact) mass is 563 g/mol. The average Bonchev–Trinajstić information content (AvgIpc) is 3.59. The first-order valence-electron chi connectivity index (χ1n) is 12.8. The third-order valence-corrected chi connectivity index (χ3v) is 7.74. The predicted molar refractivity (Wildman–Crippen MR) is 142 cm³/mol. The summed E-state index contributed by atoms with van der Waals surface area (Å²) in [4.78, 5) is 32.3. The van der Waals surface area contributed by atoms with E-state index in [1.54, 1.807) is 24.4 Å². The Labute approximate surface area is 228 Å². The summed E-state index contributed by atoms with van der Waals surface area (Å²) >= 11 is 1.45. The maximum Gasteiger partial charge on any atom is 0.405 e. The molecule has 0 aliphatic carbocycles. The van der Waals surface area contributed by atoms with Crippen molar-refractivity contribution in [1.29, 1.82) is 0 Å². The molecule has 3 aromatic heterocycles. The van der Waals surface area contributed by atoms with Crippen LogP contribution in [0.5, 0.6) is 0 Å². The van der Waals surface area contributed by atoms with Gasteiger partial charge in [-0.25, -0.2) is 0 Å². The molecule has 3 aromatic rings. The number of carbonyl (C=O) groups is 2. The SMILES string of the molecule is NC(=O)CCCCN1CCNC(Cc2ccc(-c3ccccn3)o2)C1(Cc1cccs1)C(=O)NCC(F)(F)F.